The SMILES string of the molecule is COc1ccc2[nH]c3c(c2c1F)C[C@@]1(C)C(=O)N(CCCNCC2CC2)C(=O)N1[C@@H]3c1cccc(O)c1. The molecule has 0 bridgehead atoms. The highest BCUT2D eigenvalue weighted by Crippen LogP contribution is 2.49. The van der Waals surface area contributed by atoms with Gasteiger partial charge in [-0.2, -0.15) is 0 Å². The highest BCUT2D eigenvalue weighted by atomic mass is 19.1. The van der Waals surface area contributed by atoms with Gasteiger partial charge in [-0.1, -0.05) is 12.1 Å². The summed E-state index contributed by atoms with van der Waals surface area (Å²) in [4.78, 5) is 33.9. The van der Waals surface area contributed by atoms with Gasteiger partial charge in [0.25, 0.3) is 5.91 Å². The zero-order chi connectivity index (χ0) is 25.9. The van der Waals surface area contributed by atoms with E-state index in [0.717, 1.165) is 19.0 Å². The number of carbonyl (C=O) groups excluding carboxylic acids is 2. The van der Waals surface area contributed by atoms with Crippen molar-refractivity contribution in [2.24, 2.45) is 5.92 Å². The van der Waals surface area contributed by atoms with Crippen LogP contribution in [0.15, 0.2) is 36.4 Å². The molecule has 3 N–H and O–H groups in total. The molecule has 0 spiro atoms. The predicted octanol–water partition coefficient (Wildman–Crippen LogP) is 4.08. The number of aromatic hydroxyl groups is 1. The Morgan fingerprint density at radius 1 is 1.24 bits per heavy atom. The maximum atomic E-state index is 15.5. The van der Waals surface area contributed by atoms with Crippen molar-refractivity contribution in [3.8, 4) is 11.5 Å². The summed E-state index contributed by atoms with van der Waals surface area (Å²) >= 11 is 0. The molecular weight excluding hydrogens is 475 g/mol. The first-order valence-electron chi connectivity index (χ1n) is 12.9. The first-order valence-corrected chi connectivity index (χ1v) is 12.9. The molecule has 1 aliphatic carbocycles. The summed E-state index contributed by atoms with van der Waals surface area (Å²) in [5.41, 5.74) is 1.29. The Kier molecular flexibility index (Phi) is 5.63. The first kappa shape index (κ1) is 23.8. The highest BCUT2D eigenvalue weighted by Gasteiger charge is 2.60. The molecule has 2 atom stereocenters. The molecule has 1 saturated carbocycles. The maximum absolute atomic E-state index is 15.5. The fourth-order valence-electron chi connectivity index (χ4n) is 5.94. The number of benzene rings is 2. The zero-order valence-electron chi connectivity index (χ0n) is 21.0. The molecule has 2 fully saturated rings. The quantitative estimate of drug-likeness (QED) is 0.316. The van der Waals surface area contributed by atoms with E-state index in [1.807, 2.05) is 6.07 Å². The van der Waals surface area contributed by atoms with Crippen LogP contribution in [0.1, 0.15) is 49.0 Å². The van der Waals surface area contributed by atoms with Crippen LogP contribution in [0.4, 0.5) is 9.18 Å². The number of nitrogens with zero attached hydrogens (tertiary/aromatic N) is 2. The topological polar surface area (TPSA) is 97.9 Å². The Labute approximate surface area is 214 Å². The number of carbonyl (C=O) groups is 2. The molecule has 1 aromatic heterocycles. The number of hydrogen-bond donors (Lipinski definition) is 3. The van der Waals surface area contributed by atoms with Gasteiger partial charge in [0.2, 0.25) is 0 Å². The normalized spacial score (nSPS) is 23.1. The summed E-state index contributed by atoms with van der Waals surface area (Å²) in [7, 11) is 1.42. The number of phenolic OH excluding ortho intramolecular Hbond substituents is 1. The Bertz CT molecular complexity index is 1400. The van der Waals surface area contributed by atoms with Gasteiger partial charge in [-0.05, 0) is 80.6 Å². The number of aromatic nitrogens is 1. The van der Waals surface area contributed by atoms with Gasteiger partial charge in [0.05, 0.1) is 7.11 Å². The fourth-order valence-corrected chi connectivity index (χ4v) is 5.94. The molecule has 3 heterocycles. The molecular formula is C28H31FN4O4. The van der Waals surface area contributed by atoms with E-state index in [-0.39, 0.29) is 29.9 Å². The van der Waals surface area contributed by atoms with Crippen molar-refractivity contribution in [1.82, 2.24) is 20.1 Å². The van der Waals surface area contributed by atoms with Gasteiger partial charge in [-0.25, -0.2) is 9.18 Å². The number of rotatable bonds is 8. The number of phenols is 1. The molecule has 1 saturated heterocycles. The Balaban J connectivity index is 1.42. The van der Waals surface area contributed by atoms with Crippen LogP contribution < -0.4 is 10.1 Å². The van der Waals surface area contributed by atoms with Gasteiger partial charge in [-0.15, -0.1) is 0 Å². The second kappa shape index (κ2) is 8.76. The van der Waals surface area contributed by atoms with Crippen LogP contribution in [0.25, 0.3) is 10.9 Å². The van der Waals surface area contributed by atoms with Gasteiger partial charge in [-0.3, -0.25) is 14.6 Å². The van der Waals surface area contributed by atoms with Crippen molar-refractivity contribution >= 4 is 22.8 Å². The average molecular weight is 507 g/mol. The van der Waals surface area contributed by atoms with Crippen LogP contribution in [0, 0.1) is 11.7 Å². The summed E-state index contributed by atoms with van der Waals surface area (Å²) < 4.78 is 20.8. The molecule has 8 nitrogen and oxygen atoms in total. The molecule has 9 heteroatoms. The minimum Gasteiger partial charge on any atom is -0.508 e. The van der Waals surface area contributed by atoms with Crippen molar-refractivity contribution in [1.29, 1.82) is 0 Å². The maximum Gasteiger partial charge on any atom is 0.328 e. The summed E-state index contributed by atoms with van der Waals surface area (Å²) in [5.74, 6) is 0.137. The third-order valence-electron chi connectivity index (χ3n) is 8.00. The minimum atomic E-state index is -1.20. The van der Waals surface area contributed by atoms with Crippen molar-refractivity contribution in [2.45, 2.75) is 44.2 Å². The molecule has 3 aliphatic rings. The number of nitrogens with one attached hydrogen (secondary N) is 2. The monoisotopic (exact) mass is 506 g/mol. The van der Waals surface area contributed by atoms with E-state index in [2.05, 4.69) is 10.3 Å². The molecule has 2 aromatic carbocycles. The van der Waals surface area contributed by atoms with E-state index in [4.69, 9.17) is 4.74 Å². The number of methoxy groups -OCH3 is 1. The molecule has 37 heavy (non-hydrogen) atoms. The molecule has 2 aliphatic heterocycles. The van der Waals surface area contributed by atoms with Crippen LogP contribution in [0.2, 0.25) is 0 Å². The van der Waals surface area contributed by atoms with Gasteiger partial charge in [0, 0.05) is 29.6 Å². The summed E-state index contributed by atoms with van der Waals surface area (Å²) in [5, 5.41) is 14.0. The minimum absolute atomic E-state index is 0.0480. The van der Waals surface area contributed by atoms with Crippen LogP contribution in [0.5, 0.6) is 11.5 Å². The third-order valence-corrected chi connectivity index (χ3v) is 8.00. The van der Waals surface area contributed by atoms with E-state index in [1.54, 1.807) is 42.2 Å². The number of urea groups is 1. The van der Waals surface area contributed by atoms with E-state index in [0.29, 0.717) is 40.7 Å². The second-order valence-corrected chi connectivity index (χ2v) is 10.6. The van der Waals surface area contributed by atoms with Crippen molar-refractivity contribution in [2.75, 3.05) is 26.7 Å². The van der Waals surface area contributed by atoms with Crippen molar-refractivity contribution < 1.29 is 23.8 Å². The third kappa shape index (κ3) is 3.75. The van der Waals surface area contributed by atoms with E-state index in [9.17, 15) is 14.7 Å². The van der Waals surface area contributed by atoms with E-state index >= 15 is 4.39 Å². The largest absolute Gasteiger partial charge is 0.508 e. The average Bonchev–Trinajstić information content (AvgIpc) is 3.60. The Hall–Kier alpha value is -3.59. The Morgan fingerprint density at radius 2 is 2.05 bits per heavy atom. The number of amides is 3. The molecule has 194 valence electrons. The lowest BCUT2D eigenvalue weighted by Crippen LogP contribution is -2.53. The molecule has 6 rings (SSSR count). The molecule has 3 amide bonds. The van der Waals surface area contributed by atoms with Crippen LogP contribution in [-0.4, -0.2) is 64.1 Å². The van der Waals surface area contributed by atoms with Gasteiger partial charge >= 0.3 is 6.03 Å². The lowest BCUT2D eigenvalue weighted by Gasteiger charge is -2.42. The van der Waals surface area contributed by atoms with Crippen molar-refractivity contribution in [3.05, 3.63) is 59.0 Å². The molecule has 3 aromatic rings. The summed E-state index contributed by atoms with van der Waals surface area (Å²) in [6.45, 7) is 3.77. The summed E-state index contributed by atoms with van der Waals surface area (Å²) in [6.07, 6.45) is 3.36. The van der Waals surface area contributed by atoms with Crippen LogP contribution in [0.3, 0.4) is 0 Å². The lowest BCUT2D eigenvalue weighted by atomic mass is 9.81. The second-order valence-electron chi connectivity index (χ2n) is 10.6. The van der Waals surface area contributed by atoms with Crippen LogP contribution >= 0.6 is 0 Å². The van der Waals surface area contributed by atoms with Crippen LogP contribution in [-0.2, 0) is 11.2 Å². The molecule has 0 unspecified atom stereocenters. The van der Waals surface area contributed by atoms with E-state index in [1.165, 1.54) is 24.9 Å². The van der Waals surface area contributed by atoms with E-state index < -0.39 is 17.4 Å². The Morgan fingerprint density at radius 3 is 2.78 bits per heavy atom. The fraction of sp³-hybridized carbons (Fsp3) is 0.429. The predicted molar refractivity (Wildman–Crippen MR) is 136 cm³/mol. The number of hydrogen-bond acceptors (Lipinski definition) is 5. The number of ether oxygens (including phenoxy) is 1. The lowest BCUT2D eigenvalue weighted by molar-refractivity contribution is -0.133. The highest BCUT2D eigenvalue weighted by molar-refractivity contribution is 6.08. The standard InChI is InChI=1S/C28H31FN4O4/c1-28-14-19-22-20(9-10-21(37-2)23(22)29)31-24(19)25(17-5-3-6-18(34)13-17)33(28)27(36)32(26(28)35)12-4-11-30-15-16-7-8-16/h3,5-6,9-10,13,16,25,30-31,34H,4,7-8,11-12,14-15H2,1-2H3/t25-,28+/m1/s1. The number of imide groups is 1. The number of halogens is 1. The number of aromatic amines is 1. The van der Waals surface area contributed by atoms with Gasteiger partial charge in [0.1, 0.15) is 17.3 Å². The van der Waals surface area contributed by atoms with Crippen molar-refractivity contribution in [3.63, 3.8) is 0 Å². The first-order chi connectivity index (χ1) is 17.8. The number of fused-ring (bicyclic) bond motifs is 4. The zero-order valence-corrected chi connectivity index (χ0v) is 21.0. The summed E-state index contributed by atoms with van der Waals surface area (Å²) in [6, 6.07) is 8.89. The smallest absolute Gasteiger partial charge is 0.328 e. The van der Waals surface area contributed by atoms with Gasteiger partial charge in [0.15, 0.2) is 11.6 Å². The number of H-pyrrole nitrogens is 1. The van der Waals surface area contributed by atoms with Gasteiger partial charge < -0.3 is 20.1 Å². The molecule has 0 radical (unpaired) electrons.